The highest BCUT2D eigenvalue weighted by Gasteiger charge is 2.18. The fraction of sp³-hybridized carbons (Fsp3) is 0.240. The van der Waals surface area contributed by atoms with Crippen LogP contribution in [0.1, 0.15) is 15.9 Å². The van der Waals surface area contributed by atoms with Gasteiger partial charge in [0, 0.05) is 39.6 Å². The number of nitrogens with one attached hydrogen (secondary N) is 1. The van der Waals surface area contributed by atoms with Gasteiger partial charge in [0.2, 0.25) is 0 Å². The summed E-state index contributed by atoms with van der Waals surface area (Å²) in [7, 11) is 7.18. The second kappa shape index (κ2) is 11.0. The Balaban J connectivity index is 1.60. The number of likely N-dealkylation sites (N-methyl/N-ethyl adjacent to an activating group) is 1. The first-order valence-corrected chi connectivity index (χ1v) is 10.4. The van der Waals surface area contributed by atoms with Gasteiger partial charge in [-0.2, -0.15) is 0 Å². The fourth-order valence-electron chi connectivity index (χ4n) is 3.12. The van der Waals surface area contributed by atoms with E-state index in [-0.39, 0.29) is 18.1 Å². The van der Waals surface area contributed by atoms with E-state index in [1.54, 1.807) is 38.6 Å². The van der Waals surface area contributed by atoms with Crippen molar-refractivity contribution in [2.45, 2.75) is 6.54 Å². The van der Waals surface area contributed by atoms with E-state index >= 15 is 0 Å². The summed E-state index contributed by atoms with van der Waals surface area (Å²) in [6.45, 7) is 0.0473. The molecule has 0 aliphatic heterocycles. The zero-order valence-corrected chi connectivity index (χ0v) is 19.2. The van der Waals surface area contributed by atoms with Crippen LogP contribution in [0, 0.1) is 0 Å². The van der Waals surface area contributed by atoms with E-state index < -0.39 is 5.97 Å². The third-order valence-corrected chi connectivity index (χ3v) is 5.01. The van der Waals surface area contributed by atoms with Crippen molar-refractivity contribution < 1.29 is 19.1 Å². The van der Waals surface area contributed by atoms with Crippen LogP contribution in [-0.4, -0.2) is 56.6 Å². The number of benzene rings is 2. The number of carbonyl (C=O) groups excluding carboxylic acids is 2. The van der Waals surface area contributed by atoms with Gasteiger partial charge in [-0.05, 0) is 42.0 Å². The quantitative estimate of drug-likeness (QED) is 0.500. The minimum absolute atomic E-state index is 0.220. The molecular formula is C25H28N4O4. The van der Waals surface area contributed by atoms with Crippen LogP contribution in [0.4, 0.5) is 17.2 Å². The summed E-state index contributed by atoms with van der Waals surface area (Å²) in [4.78, 5) is 33.0. The van der Waals surface area contributed by atoms with Crippen molar-refractivity contribution in [3.8, 4) is 5.75 Å². The number of rotatable bonds is 9. The van der Waals surface area contributed by atoms with Crippen molar-refractivity contribution in [3.63, 3.8) is 0 Å². The Kier molecular flexibility index (Phi) is 7.86. The molecule has 33 heavy (non-hydrogen) atoms. The van der Waals surface area contributed by atoms with E-state index in [1.165, 1.54) is 4.90 Å². The van der Waals surface area contributed by atoms with Gasteiger partial charge in [0.05, 0.1) is 12.8 Å². The predicted molar refractivity (Wildman–Crippen MR) is 128 cm³/mol. The Labute approximate surface area is 193 Å². The molecule has 2 aromatic carbocycles. The number of amides is 1. The van der Waals surface area contributed by atoms with Gasteiger partial charge in [0.25, 0.3) is 5.91 Å². The molecule has 1 heterocycles. The second-order valence-corrected chi connectivity index (χ2v) is 7.61. The minimum atomic E-state index is -0.641. The molecule has 172 valence electrons. The van der Waals surface area contributed by atoms with Crippen molar-refractivity contribution in [2.75, 3.05) is 45.1 Å². The lowest BCUT2D eigenvalue weighted by Gasteiger charge is -2.18. The van der Waals surface area contributed by atoms with Crippen LogP contribution in [0.25, 0.3) is 0 Å². The van der Waals surface area contributed by atoms with Crippen LogP contribution < -0.4 is 15.0 Å². The summed E-state index contributed by atoms with van der Waals surface area (Å²) < 4.78 is 10.6. The van der Waals surface area contributed by atoms with Crippen molar-refractivity contribution in [2.24, 2.45) is 0 Å². The predicted octanol–water partition coefficient (Wildman–Crippen LogP) is 3.72. The third-order valence-electron chi connectivity index (χ3n) is 5.01. The smallest absolute Gasteiger partial charge is 0.342 e. The molecule has 8 nitrogen and oxygen atoms in total. The van der Waals surface area contributed by atoms with Gasteiger partial charge in [0.1, 0.15) is 17.1 Å². The summed E-state index contributed by atoms with van der Waals surface area (Å²) in [5.74, 6) is -0.0209. The lowest BCUT2D eigenvalue weighted by Crippen LogP contribution is -2.31. The number of carbonyl (C=O) groups is 2. The topological polar surface area (TPSA) is 84.0 Å². The number of pyridine rings is 1. The fourth-order valence-corrected chi connectivity index (χ4v) is 3.12. The summed E-state index contributed by atoms with van der Waals surface area (Å²) in [5.41, 5.74) is 2.94. The molecule has 0 saturated heterocycles. The first-order chi connectivity index (χ1) is 15.9. The number of nitrogens with zero attached hydrogens (tertiary/aromatic N) is 3. The molecule has 0 saturated carbocycles. The van der Waals surface area contributed by atoms with Crippen LogP contribution in [0.5, 0.6) is 5.75 Å². The molecular weight excluding hydrogens is 420 g/mol. The maximum Gasteiger partial charge on any atom is 0.342 e. The average molecular weight is 449 g/mol. The SMILES string of the molecule is COc1ccccc1Nc1ncccc1C(=O)OCC(=O)N(C)Cc1ccc(N(C)C)cc1. The second-order valence-electron chi connectivity index (χ2n) is 7.61. The third kappa shape index (κ3) is 6.22. The Hall–Kier alpha value is -4.07. The van der Waals surface area contributed by atoms with Gasteiger partial charge in [-0.15, -0.1) is 0 Å². The van der Waals surface area contributed by atoms with E-state index in [9.17, 15) is 9.59 Å². The van der Waals surface area contributed by atoms with Crippen molar-refractivity contribution in [1.82, 2.24) is 9.88 Å². The molecule has 1 aromatic heterocycles. The Morgan fingerprint density at radius 1 is 0.970 bits per heavy atom. The summed E-state index contributed by atoms with van der Waals surface area (Å²) in [5, 5.41) is 3.09. The number of hydrogen-bond donors (Lipinski definition) is 1. The van der Waals surface area contributed by atoms with Gasteiger partial charge < -0.3 is 24.6 Å². The Bertz CT molecular complexity index is 1100. The summed E-state index contributed by atoms with van der Waals surface area (Å²) in [6.07, 6.45) is 1.56. The zero-order chi connectivity index (χ0) is 23.8. The van der Waals surface area contributed by atoms with E-state index in [4.69, 9.17) is 9.47 Å². The molecule has 0 aliphatic carbocycles. The first kappa shape index (κ1) is 23.6. The highest BCUT2D eigenvalue weighted by Crippen LogP contribution is 2.27. The maximum absolute atomic E-state index is 12.7. The van der Waals surface area contributed by atoms with Gasteiger partial charge in [-0.3, -0.25) is 4.79 Å². The van der Waals surface area contributed by atoms with E-state index in [2.05, 4.69) is 10.3 Å². The number of esters is 1. The lowest BCUT2D eigenvalue weighted by molar-refractivity contribution is -0.133. The van der Waals surface area contributed by atoms with Crippen LogP contribution in [0.3, 0.4) is 0 Å². The molecule has 0 spiro atoms. The van der Waals surface area contributed by atoms with Gasteiger partial charge in [0.15, 0.2) is 6.61 Å². The van der Waals surface area contributed by atoms with Crippen LogP contribution >= 0.6 is 0 Å². The maximum atomic E-state index is 12.7. The number of hydrogen-bond acceptors (Lipinski definition) is 7. The number of para-hydroxylation sites is 2. The monoisotopic (exact) mass is 448 g/mol. The molecule has 3 rings (SSSR count). The summed E-state index contributed by atoms with van der Waals surface area (Å²) in [6, 6.07) is 18.4. The van der Waals surface area contributed by atoms with Gasteiger partial charge >= 0.3 is 5.97 Å². The largest absolute Gasteiger partial charge is 0.495 e. The molecule has 1 N–H and O–H groups in total. The Morgan fingerprint density at radius 3 is 2.39 bits per heavy atom. The molecule has 0 fully saturated rings. The average Bonchev–Trinajstić information content (AvgIpc) is 2.83. The summed E-state index contributed by atoms with van der Waals surface area (Å²) >= 11 is 0. The number of anilines is 3. The molecule has 8 heteroatoms. The van der Waals surface area contributed by atoms with E-state index in [0.717, 1.165) is 11.3 Å². The zero-order valence-electron chi connectivity index (χ0n) is 19.2. The lowest BCUT2D eigenvalue weighted by atomic mass is 10.2. The first-order valence-electron chi connectivity index (χ1n) is 10.4. The molecule has 3 aromatic rings. The molecule has 0 aliphatic rings. The van der Waals surface area contributed by atoms with Crippen molar-refractivity contribution >= 4 is 29.1 Å². The van der Waals surface area contributed by atoms with Gasteiger partial charge in [-0.1, -0.05) is 24.3 Å². The number of aromatic nitrogens is 1. The van der Waals surface area contributed by atoms with Crippen molar-refractivity contribution in [1.29, 1.82) is 0 Å². The highest BCUT2D eigenvalue weighted by molar-refractivity contribution is 5.96. The molecule has 0 radical (unpaired) electrons. The van der Waals surface area contributed by atoms with Gasteiger partial charge in [-0.25, -0.2) is 9.78 Å². The van der Waals surface area contributed by atoms with Crippen LogP contribution in [0.15, 0.2) is 66.9 Å². The Morgan fingerprint density at radius 2 is 1.70 bits per heavy atom. The normalized spacial score (nSPS) is 10.3. The van der Waals surface area contributed by atoms with Crippen LogP contribution in [0.2, 0.25) is 0 Å². The molecule has 1 amide bonds. The highest BCUT2D eigenvalue weighted by atomic mass is 16.5. The number of ether oxygens (including phenoxy) is 2. The molecule has 0 atom stereocenters. The number of methoxy groups -OCH3 is 1. The molecule has 0 unspecified atom stereocenters. The van der Waals surface area contributed by atoms with E-state index in [0.29, 0.717) is 23.8 Å². The van der Waals surface area contributed by atoms with Crippen molar-refractivity contribution in [3.05, 3.63) is 78.0 Å². The van der Waals surface area contributed by atoms with E-state index in [1.807, 2.05) is 61.5 Å². The van der Waals surface area contributed by atoms with Crippen LogP contribution in [-0.2, 0) is 16.1 Å². The standard InChI is InChI=1S/C25H28N4O4/c1-28(2)19-13-11-18(12-14-19)16-29(3)23(30)17-33-25(31)20-8-7-15-26-24(20)27-21-9-5-6-10-22(21)32-4/h5-15H,16-17H2,1-4H3,(H,26,27). The minimum Gasteiger partial charge on any atom is -0.495 e. The molecule has 0 bridgehead atoms.